The first-order valence-corrected chi connectivity index (χ1v) is 11.8. The van der Waals surface area contributed by atoms with Gasteiger partial charge in [-0.05, 0) is 68.5 Å². The van der Waals surface area contributed by atoms with Gasteiger partial charge in [-0.3, -0.25) is 9.78 Å². The fourth-order valence-electron chi connectivity index (χ4n) is 5.65. The lowest BCUT2D eigenvalue weighted by atomic mass is 9.71. The summed E-state index contributed by atoms with van der Waals surface area (Å²) in [6, 6.07) is 4.49. The van der Waals surface area contributed by atoms with Gasteiger partial charge in [-0.25, -0.2) is 0 Å². The van der Waals surface area contributed by atoms with Gasteiger partial charge in [-0.1, -0.05) is 0 Å². The minimum atomic E-state index is -0.526. The molecule has 2 atom stereocenters. The minimum absolute atomic E-state index is 0.126. The van der Waals surface area contributed by atoms with E-state index in [4.69, 9.17) is 9.47 Å². The molecule has 5 heterocycles. The van der Waals surface area contributed by atoms with Crippen LogP contribution in [-0.2, 0) is 14.3 Å². The summed E-state index contributed by atoms with van der Waals surface area (Å²) in [4.78, 5) is 20.1. The summed E-state index contributed by atoms with van der Waals surface area (Å²) in [5, 5.41) is 14.9. The number of amides is 1. The van der Waals surface area contributed by atoms with Crippen molar-refractivity contribution < 1.29 is 14.3 Å². The number of tetrazole rings is 1. The number of aromatic nitrogens is 5. The number of nitrogens with zero attached hydrogens (tertiary/aromatic N) is 6. The predicted molar refractivity (Wildman–Crippen MR) is 117 cm³/mol. The van der Waals surface area contributed by atoms with Crippen LogP contribution in [0.3, 0.4) is 0 Å². The Morgan fingerprint density at radius 3 is 2.67 bits per heavy atom. The van der Waals surface area contributed by atoms with E-state index in [1.54, 1.807) is 17.2 Å². The van der Waals surface area contributed by atoms with Gasteiger partial charge in [-0.2, -0.15) is 4.68 Å². The van der Waals surface area contributed by atoms with E-state index in [-0.39, 0.29) is 17.4 Å². The average Bonchev–Trinajstić information content (AvgIpc) is 3.13. The molecule has 0 radical (unpaired) electrons. The number of carbonyl (C=O) groups is 1. The SMILES string of the molecule is CC1=C(N2CCC3(CCC(N[C@@H](C)c4ccc(-n5cnnn5)cn4)CC3)C2=O)COC12CO2. The third-order valence-electron chi connectivity index (χ3n) is 7.95. The summed E-state index contributed by atoms with van der Waals surface area (Å²) >= 11 is 0. The van der Waals surface area contributed by atoms with Crippen molar-refractivity contribution in [2.45, 2.75) is 63.8 Å². The van der Waals surface area contributed by atoms with Crippen molar-refractivity contribution in [1.82, 2.24) is 35.4 Å². The maximum Gasteiger partial charge on any atom is 0.233 e. The largest absolute Gasteiger partial charge is 0.338 e. The highest BCUT2D eigenvalue weighted by Gasteiger charge is 2.56. The molecule has 3 fully saturated rings. The number of ether oxygens (including phenoxy) is 2. The van der Waals surface area contributed by atoms with Gasteiger partial charge in [0, 0.05) is 24.2 Å². The highest BCUT2D eigenvalue weighted by molar-refractivity contribution is 5.86. The molecule has 1 N–H and O–H groups in total. The van der Waals surface area contributed by atoms with Crippen molar-refractivity contribution in [3.8, 4) is 5.69 Å². The standard InChI is InChI=1S/C23H29N7O3/c1-15-20(12-32-23(15)13-33-23)29-10-9-22(21(29)31)7-5-17(6-8-22)26-16(2)19-4-3-18(11-24-19)30-14-25-27-28-30/h3-4,11,14,16-17,26H,5-10,12-13H2,1-2H3/t16-,17?,22?,23?/m0/s1. The van der Waals surface area contributed by atoms with Gasteiger partial charge in [0.05, 0.1) is 35.3 Å². The normalized spacial score (nSPS) is 32.4. The van der Waals surface area contributed by atoms with Gasteiger partial charge in [0.15, 0.2) is 0 Å². The molecule has 0 bridgehead atoms. The number of pyridine rings is 1. The van der Waals surface area contributed by atoms with Crippen LogP contribution in [0, 0.1) is 5.41 Å². The first-order chi connectivity index (χ1) is 16.0. The van der Waals surface area contributed by atoms with Gasteiger partial charge in [0.2, 0.25) is 11.7 Å². The maximum absolute atomic E-state index is 13.5. The molecule has 174 valence electrons. The molecule has 33 heavy (non-hydrogen) atoms. The highest BCUT2D eigenvalue weighted by Crippen LogP contribution is 2.49. The predicted octanol–water partition coefficient (Wildman–Crippen LogP) is 1.90. The zero-order chi connectivity index (χ0) is 22.6. The second kappa shape index (κ2) is 7.68. The topological polar surface area (TPSA) is 111 Å². The van der Waals surface area contributed by atoms with Crippen LogP contribution >= 0.6 is 0 Å². The Labute approximate surface area is 192 Å². The van der Waals surface area contributed by atoms with Gasteiger partial charge >= 0.3 is 0 Å². The lowest BCUT2D eigenvalue weighted by molar-refractivity contribution is -0.136. The molecule has 0 aromatic carbocycles. The number of likely N-dealkylation sites (tertiary alicyclic amines) is 1. The second-order valence-corrected chi connectivity index (χ2v) is 9.75. The van der Waals surface area contributed by atoms with E-state index in [1.165, 1.54) is 0 Å². The Morgan fingerprint density at radius 2 is 2.03 bits per heavy atom. The van der Waals surface area contributed by atoms with Crippen molar-refractivity contribution in [3.63, 3.8) is 0 Å². The summed E-state index contributed by atoms with van der Waals surface area (Å²) in [6.45, 7) is 6.05. The van der Waals surface area contributed by atoms with E-state index in [9.17, 15) is 4.79 Å². The molecule has 10 heteroatoms. The van der Waals surface area contributed by atoms with Gasteiger partial charge in [0.1, 0.15) is 12.9 Å². The van der Waals surface area contributed by atoms with E-state index in [0.29, 0.717) is 19.3 Å². The molecule has 2 saturated heterocycles. The number of nitrogens with one attached hydrogen (secondary N) is 1. The molecular formula is C23H29N7O3. The van der Waals surface area contributed by atoms with Crippen molar-refractivity contribution >= 4 is 5.91 Å². The van der Waals surface area contributed by atoms with Crippen LogP contribution in [0.4, 0.5) is 0 Å². The van der Waals surface area contributed by atoms with Crippen molar-refractivity contribution in [3.05, 3.63) is 41.6 Å². The van der Waals surface area contributed by atoms with Crippen molar-refractivity contribution in [2.24, 2.45) is 5.41 Å². The van der Waals surface area contributed by atoms with E-state index in [0.717, 1.165) is 61.3 Å². The third-order valence-corrected chi connectivity index (χ3v) is 7.95. The van der Waals surface area contributed by atoms with Crippen molar-refractivity contribution in [2.75, 3.05) is 19.8 Å². The molecule has 6 rings (SSSR count). The van der Waals surface area contributed by atoms with Gasteiger partial charge < -0.3 is 19.7 Å². The minimum Gasteiger partial charge on any atom is -0.338 e. The molecular weight excluding hydrogens is 422 g/mol. The first-order valence-electron chi connectivity index (χ1n) is 11.8. The van der Waals surface area contributed by atoms with E-state index >= 15 is 0 Å². The molecule has 2 aromatic heterocycles. The zero-order valence-corrected chi connectivity index (χ0v) is 19.0. The summed E-state index contributed by atoms with van der Waals surface area (Å²) in [5.41, 5.74) is 3.70. The smallest absolute Gasteiger partial charge is 0.233 e. The van der Waals surface area contributed by atoms with E-state index in [1.807, 2.05) is 24.0 Å². The zero-order valence-electron chi connectivity index (χ0n) is 19.0. The van der Waals surface area contributed by atoms with Crippen LogP contribution < -0.4 is 5.32 Å². The van der Waals surface area contributed by atoms with Crippen LogP contribution in [-0.4, -0.2) is 67.6 Å². The Bertz CT molecular complexity index is 1070. The number of hydrogen-bond donors (Lipinski definition) is 1. The lowest BCUT2D eigenvalue weighted by Crippen LogP contribution is -2.42. The number of carbonyl (C=O) groups excluding carboxylic acids is 1. The Hall–Kier alpha value is -2.69. The van der Waals surface area contributed by atoms with Crippen LogP contribution in [0.1, 0.15) is 57.7 Å². The lowest BCUT2D eigenvalue weighted by Gasteiger charge is -2.37. The van der Waals surface area contributed by atoms with E-state index in [2.05, 4.69) is 32.7 Å². The van der Waals surface area contributed by atoms with Crippen LogP contribution in [0.5, 0.6) is 0 Å². The fourth-order valence-corrected chi connectivity index (χ4v) is 5.65. The molecule has 2 aromatic rings. The van der Waals surface area contributed by atoms with Crippen molar-refractivity contribution in [1.29, 1.82) is 0 Å². The summed E-state index contributed by atoms with van der Waals surface area (Å²) in [7, 11) is 0. The summed E-state index contributed by atoms with van der Waals surface area (Å²) in [5.74, 6) is -0.244. The fraction of sp³-hybridized carbons (Fsp3) is 0.609. The van der Waals surface area contributed by atoms with Crippen LogP contribution in [0.15, 0.2) is 35.9 Å². The first kappa shape index (κ1) is 20.9. The number of rotatable bonds is 5. The molecule has 1 saturated carbocycles. The summed E-state index contributed by atoms with van der Waals surface area (Å²) in [6.07, 6.45) is 8.10. The quantitative estimate of drug-likeness (QED) is 0.687. The van der Waals surface area contributed by atoms with Crippen LogP contribution in [0.25, 0.3) is 5.69 Å². The molecule has 1 unspecified atom stereocenters. The Kier molecular flexibility index (Phi) is 4.86. The monoisotopic (exact) mass is 451 g/mol. The number of hydrogen-bond acceptors (Lipinski definition) is 8. The molecule has 2 spiro atoms. The highest BCUT2D eigenvalue weighted by atomic mass is 16.8. The average molecular weight is 452 g/mol. The second-order valence-electron chi connectivity index (χ2n) is 9.75. The molecule has 1 amide bonds. The molecule has 3 aliphatic heterocycles. The van der Waals surface area contributed by atoms with Gasteiger partial charge in [-0.15, -0.1) is 5.10 Å². The number of epoxide rings is 1. The van der Waals surface area contributed by atoms with E-state index < -0.39 is 5.79 Å². The van der Waals surface area contributed by atoms with Gasteiger partial charge in [0.25, 0.3) is 0 Å². The molecule has 1 aliphatic carbocycles. The van der Waals surface area contributed by atoms with Crippen LogP contribution in [0.2, 0.25) is 0 Å². The summed E-state index contributed by atoms with van der Waals surface area (Å²) < 4.78 is 12.9. The Balaban J connectivity index is 1.06. The molecule has 10 nitrogen and oxygen atoms in total. The molecule has 4 aliphatic rings. The third kappa shape index (κ3) is 3.48. The maximum atomic E-state index is 13.5. The Morgan fingerprint density at radius 1 is 1.21 bits per heavy atom.